The van der Waals surface area contributed by atoms with Crippen LogP contribution in [0.1, 0.15) is 26.6 Å². The van der Waals surface area contributed by atoms with Crippen molar-refractivity contribution in [2.75, 3.05) is 5.73 Å². The monoisotopic (exact) mass is 183 g/mol. The molecule has 0 saturated heterocycles. The van der Waals surface area contributed by atoms with E-state index in [4.69, 9.17) is 10.5 Å². The molecule has 0 radical (unpaired) electrons. The Kier molecular flexibility index (Phi) is 3.31. The molecular weight excluding hydrogens is 166 g/mol. The van der Waals surface area contributed by atoms with Gasteiger partial charge in [0, 0.05) is 6.54 Å². The Morgan fingerprint density at radius 2 is 2.31 bits per heavy atom. The molecule has 0 amide bonds. The maximum Gasteiger partial charge on any atom is 0.136 e. The second kappa shape index (κ2) is 4.28. The van der Waals surface area contributed by atoms with Crippen LogP contribution in [0.3, 0.4) is 0 Å². The van der Waals surface area contributed by atoms with E-state index in [1.165, 1.54) is 0 Å². The van der Waals surface area contributed by atoms with E-state index in [1.807, 2.05) is 25.3 Å². The van der Waals surface area contributed by atoms with Crippen LogP contribution >= 0.6 is 0 Å². The largest absolute Gasteiger partial charge is 0.384 e. The van der Waals surface area contributed by atoms with Crippen LogP contribution in [-0.2, 0) is 17.9 Å². The van der Waals surface area contributed by atoms with Crippen LogP contribution in [0.2, 0.25) is 0 Å². The number of nitrogen functional groups attached to an aromatic ring is 1. The van der Waals surface area contributed by atoms with Crippen LogP contribution in [-0.4, -0.2) is 15.7 Å². The highest BCUT2D eigenvalue weighted by Crippen LogP contribution is 2.08. The quantitative estimate of drug-likeness (QED) is 0.767. The maximum absolute atomic E-state index is 5.70. The van der Waals surface area contributed by atoms with Crippen LogP contribution in [0, 0.1) is 0 Å². The Morgan fingerprint density at radius 3 is 2.85 bits per heavy atom. The zero-order chi connectivity index (χ0) is 9.84. The summed E-state index contributed by atoms with van der Waals surface area (Å²) in [6, 6.07) is 0. The number of aromatic nitrogens is 2. The summed E-state index contributed by atoms with van der Waals surface area (Å²) in [6.45, 7) is 7.41. The van der Waals surface area contributed by atoms with E-state index in [9.17, 15) is 0 Å². The molecule has 0 aliphatic rings. The van der Waals surface area contributed by atoms with Gasteiger partial charge in [0.1, 0.15) is 18.2 Å². The van der Waals surface area contributed by atoms with E-state index in [0.29, 0.717) is 12.4 Å². The molecule has 13 heavy (non-hydrogen) atoms. The third-order valence-corrected chi connectivity index (χ3v) is 1.83. The topological polar surface area (TPSA) is 53.1 Å². The van der Waals surface area contributed by atoms with Crippen molar-refractivity contribution in [3.8, 4) is 0 Å². The fraction of sp³-hybridized carbons (Fsp3) is 0.667. The van der Waals surface area contributed by atoms with Crippen LogP contribution in [0.4, 0.5) is 5.82 Å². The van der Waals surface area contributed by atoms with Crippen molar-refractivity contribution >= 4 is 5.82 Å². The van der Waals surface area contributed by atoms with Gasteiger partial charge in [0.05, 0.1) is 12.3 Å². The summed E-state index contributed by atoms with van der Waals surface area (Å²) in [5.74, 6) is 1.60. The van der Waals surface area contributed by atoms with E-state index in [-0.39, 0.29) is 6.10 Å². The molecule has 1 rings (SSSR count). The summed E-state index contributed by atoms with van der Waals surface area (Å²) in [6.07, 6.45) is 1.89. The average molecular weight is 183 g/mol. The third-order valence-electron chi connectivity index (χ3n) is 1.83. The molecule has 0 fully saturated rings. The van der Waals surface area contributed by atoms with Gasteiger partial charge in [-0.2, -0.15) is 0 Å². The fourth-order valence-electron chi connectivity index (χ4n) is 1.15. The van der Waals surface area contributed by atoms with Gasteiger partial charge >= 0.3 is 0 Å². The van der Waals surface area contributed by atoms with Crippen molar-refractivity contribution in [1.29, 1.82) is 0 Å². The summed E-state index contributed by atoms with van der Waals surface area (Å²) in [7, 11) is 0. The highest BCUT2D eigenvalue weighted by atomic mass is 16.5. The minimum absolute atomic E-state index is 0.225. The first-order chi connectivity index (χ1) is 6.15. The van der Waals surface area contributed by atoms with Gasteiger partial charge in [-0.3, -0.25) is 0 Å². The van der Waals surface area contributed by atoms with Crippen LogP contribution in [0.15, 0.2) is 6.20 Å². The molecule has 0 spiro atoms. The van der Waals surface area contributed by atoms with E-state index >= 15 is 0 Å². The van der Waals surface area contributed by atoms with E-state index < -0.39 is 0 Å². The molecule has 0 aromatic carbocycles. The predicted molar refractivity (Wildman–Crippen MR) is 52.2 cm³/mol. The van der Waals surface area contributed by atoms with Crippen molar-refractivity contribution in [2.45, 2.75) is 40.0 Å². The zero-order valence-electron chi connectivity index (χ0n) is 8.45. The summed E-state index contributed by atoms with van der Waals surface area (Å²) in [5, 5.41) is 0. The second-order valence-corrected chi connectivity index (χ2v) is 3.20. The molecule has 0 unspecified atom stereocenters. The lowest BCUT2D eigenvalue weighted by Crippen LogP contribution is -2.09. The smallest absolute Gasteiger partial charge is 0.136 e. The zero-order valence-corrected chi connectivity index (χ0v) is 8.45. The molecule has 0 bridgehead atoms. The van der Waals surface area contributed by atoms with Crippen molar-refractivity contribution in [3.05, 3.63) is 12.0 Å². The lowest BCUT2D eigenvalue weighted by atomic mass is 10.5. The lowest BCUT2D eigenvalue weighted by Gasteiger charge is -2.09. The Bertz CT molecular complexity index is 268. The van der Waals surface area contributed by atoms with Crippen LogP contribution in [0.25, 0.3) is 0 Å². The highest BCUT2D eigenvalue weighted by molar-refractivity contribution is 5.27. The molecular formula is C9H17N3O. The van der Waals surface area contributed by atoms with E-state index in [0.717, 1.165) is 12.4 Å². The Balaban J connectivity index is 2.65. The fourth-order valence-corrected chi connectivity index (χ4v) is 1.15. The Hall–Kier alpha value is -1.03. The van der Waals surface area contributed by atoms with Crippen molar-refractivity contribution in [1.82, 2.24) is 9.55 Å². The first-order valence-corrected chi connectivity index (χ1v) is 4.56. The maximum atomic E-state index is 5.70. The SMILES string of the molecule is CCn1c(N)cnc1COC(C)C. The minimum atomic E-state index is 0.225. The molecule has 2 N–H and O–H groups in total. The summed E-state index contributed by atoms with van der Waals surface area (Å²) >= 11 is 0. The van der Waals surface area contributed by atoms with Crippen molar-refractivity contribution in [3.63, 3.8) is 0 Å². The number of rotatable bonds is 4. The number of hydrogen-bond acceptors (Lipinski definition) is 3. The first kappa shape index (κ1) is 10.1. The van der Waals surface area contributed by atoms with Gasteiger partial charge in [0.2, 0.25) is 0 Å². The number of anilines is 1. The molecule has 0 aliphatic heterocycles. The van der Waals surface area contributed by atoms with Crippen LogP contribution < -0.4 is 5.73 Å². The molecule has 0 aliphatic carbocycles. The number of nitrogens with two attached hydrogens (primary N) is 1. The molecule has 0 atom stereocenters. The average Bonchev–Trinajstić information content (AvgIpc) is 2.42. The van der Waals surface area contributed by atoms with Gasteiger partial charge in [0.25, 0.3) is 0 Å². The minimum Gasteiger partial charge on any atom is -0.384 e. The third kappa shape index (κ3) is 2.45. The van der Waals surface area contributed by atoms with Gasteiger partial charge in [-0.25, -0.2) is 4.98 Å². The van der Waals surface area contributed by atoms with Gasteiger partial charge in [0.15, 0.2) is 0 Å². The van der Waals surface area contributed by atoms with Gasteiger partial charge in [-0.05, 0) is 20.8 Å². The lowest BCUT2D eigenvalue weighted by molar-refractivity contribution is 0.0596. The number of hydrogen-bond donors (Lipinski definition) is 1. The molecule has 74 valence electrons. The summed E-state index contributed by atoms with van der Waals surface area (Å²) in [5.41, 5.74) is 5.70. The Morgan fingerprint density at radius 1 is 1.62 bits per heavy atom. The molecule has 0 saturated carbocycles. The molecule has 1 heterocycles. The molecule has 4 heteroatoms. The second-order valence-electron chi connectivity index (χ2n) is 3.20. The highest BCUT2D eigenvalue weighted by Gasteiger charge is 2.06. The van der Waals surface area contributed by atoms with Gasteiger partial charge in [-0.15, -0.1) is 0 Å². The summed E-state index contributed by atoms with van der Waals surface area (Å²) in [4.78, 5) is 4.17. The van der Waals surface area contributed by atoms with Gasteiger partial charge in [-0.1, -0.05) is 0 Å². The number of nitrogens with zero attached hydrogens (tertiary/aromatic N) is 2. The normalized spacial score (nSPS) is 11.1. The molecule has 1 aromatic rings. The number of imidazole rings is 1. The Labute approximate surface area is 78.7 Å². The standard InChI is InChI=1S/C9H17N3O/c1-4-12-8(10)5-11-9(12)6-13-7(2)3/h5,7H,4,6,10H2,1-3H3. The molecule has 4 nitrogen and oxygen atoms in total. The van der Waals surface area contributed by atoms with Crippen LogP contribution in [0.5, 0.6) is 0 Å². The first-order valence-electron chi connectivity index (χ1n) is 4.56. The van der Waals surface area contributed by atoms with E-state index in [2.05, 4.69) is 4.98 Å². The van der Waals surface area contributed by atoms with Crippen molar-refractivity contribution in [2.24, 2.45) is 0 Å². The summed E-state index contributed by atoms with van der Waals surface area (Å²) < 4.78 is 7.39. The van der Waals surface area contributed by atoms with Crippen molar-refractivity contribution < 1.29 is 4.74 Å². The number of ether oxygens (including phenoxy) is 1. The predicted octanol–water partition coefficient (Wildman–Crippen LogP) is 1.41. The van der Waals surface area contributed by atoms with E-state index in [1.54, 1.807) is 6.20 Å². The van der Waals surface area contributed by atoms with Gasteiger partial charge < -0.3 is 15.0 Å². The molecule has 1 aromatic heterocycles.